The smallest absolute Gasteiger partial charge is 0.317 e. The molecule has 5 nitrogen and oxygen atoms in total. The van der Waals surface area contributed by atoms with Gasteiger partial charge in [-0.05, 0) is 37.5 Å². The molecule has 0 bridgehead atoms. The Kier molecular flexibility index (Phi) is 4.79. The predicted molar refractivity (Wildman–Crippen MR) is 81.0 cm³/mol. The molecular weight excluding hydrogens is 268 g/mol. The number of nitrogens with one attached hydrogen (secondary N) is 1. The summed E-state index contributed by atoms with van der Waals surface area (Å²) in [5.41, 5.74) is -0.788. The maximum absolute atomic E-state index is 12.2. The topological polar surface area (TPSA) is 69.6 Å². The molecule has 2 aliphatic rings. The molecule has 0 radical (unpaired) electrons. The minimum absolute atomic E-state index is 0.106. The molecule has 0 aromatic carbocycles. The van der Waals surface area contributed by atoms with Crippen molar-refractivity contribution in [1.82, 2.24) is 10.2 Å². The first kappa shape index (κ1) is 16.1. The third-order valence-corrected chi connectivity index (χ3v) is 5.67. The lowest BCUT2D eigenvalue weighted by Crippen LogP contribution is -2.44. The fraction of sp³-hybridized carbons (Fsp3) is 0.875. The van der Waals surface area contributed by atoms with Crippen molar-refractivity contribution < 1.29 is 14.7 Å². The van der Waals surface area contributed by atoms with Crippen molar-refractivity contribution in [3.63, 3.8) is 0 Å². The highest BCUT2D eigenvalue weighted by atomic mass is 16.4. The minimum atomic E-state index is -0.812. The number of likely N-dealkylation sites (tertiary alicyclic amines) is 1. The van der Waals surface area contributed by atoms with E-state index in [9.17, 15) is 14.7 Å². The van der Waals surface area contributed by atoms with Crippen LogP contribution in [-0.4, -0.2) is 41.6 Å². The number of carboxylic acid groups (broad SMARTS) is 1. The van der Waals surface area contributed by atoms with Crippen LogP contribution in [0.15, 0.2) is 0 Å². The molecule has 120 valence electrons. The summed E-state index contributed by atoms with van der Waals surface area (Å²) >= 11 is 0. The fourth-order valence-corrected chi connectivity index (χ4v) is 3.62. The first-order valence-electron chi connectivity index (χ1n) is 8.09. The van der Waals surface area contributed by atoms with Crippen LogP contribution in [0.1, 0.15) is 46.5 Å². The number of aliphatic carboxylic acids is 1. The normalized spacial score (nSPS) is 36.5. The Labute approximate surface area is 127 Å². The molecule has 4 unspecified atom stereocenters. The molecule has 1 aliphatic carbocycles. The largest absolute Gasteiger partial charge is 0.481 e. The molecule has 1 saturated heterocycles. The van der Waals surface area contributed by atoms with Crippen molar-refractivity contribution in [2.24, 2.45) is 23.2 Å². The quantitative estimate of drug-likeness (QED) is 0.841. The molecule has 2 rings (SSSR count). The van der Waals surface area contributed by atoms with Gasteiger partial charge in [0.1, 0.15) is 0 Å². The summed E-state index contributed by atoms with van der Waals surface area (Å²) in [5.74, 6) is 1.10. The number of rotatable bonds is 3. The Morgan fingerprint density at radius 1 is 1.33 bits per heavy atom. The average molecular weight is 296 g/mol. The van der Waals surface area contributed by atoms with E-state index in [1.54, 1.807) is 11.8 Å². The SMILES string of the molecule is CC1CCCC(CNC(=O)N2CCC(C)(C(=O)O)C2)C1C. The highest BCUT2D eigenvalue weighted by molar-refractivity contribution is 5.79. The highest BCUT2D eigenvalue weighted by Gasteiger charge is 2.42. The highest BCUT2D eigenvalue weighted by Crippen LogP contribution is 2.34. The Balaban J connectivity index is 1.82. The number of hydrogen-bond donors (Lipinski definition) is 2. The molecule has 1 aliphatic heterocycles. The lowest BCUT2D eigenvalue weighted by Gasteiger charge is -2.34. The van der Waals surface area contributed by atoms with Crippen LogP contribution in [0.2, 0.25) is 0 Å². The third-order valence-electron chi connectivity index (χ3n) is 5.67. The summed E-state index contributed by atoms with van der Waals surface area (Å²) in [6, 6.07) is -0.106. The van der Waals surface area contributed by atoms with Crippen molar-refractivity contribution in [2.45, 2.75) is 46.5 Å². The molecule has 0 spiro atoms. The van der Waals surface area contributed by atoms with Gasteiger partial charge in [-0.15, -0.1) is 0 Å². The standard InChI is InChI=1S/C16H28N2O3/c1-11-5-4-6-13(12(11)2)9-17-15(21)18-8-7-16(3,10-18)14(19)20/h11-13H,4-10H2,1-3H3,(H,17,21)(H,19,20). The van der Waals surface area contributed by atoms with Gasteiger partial charge in [0.05, 0.1) is 5.41 Å². The van der Waals surface area contributed by atoms with Crippen LogP contribution in [0, 0.1) is 23.2 Å². The second-order valence-electron chi connectivity index (χ2n) is 7.25. The van der Waals surface area contributed by atoms with Crippen LogP contribution in [0.3, 0.4) is 0 Å². The number of urea groups is 1. The molecule has 1 heterocycles. The van der Waals surface area contributed by atoms with Crippen molar-refractivity contribution >= 4 is 12.0 Å². The molecule has 21 heavy (non-hydrogen) atoms. The first-order valence-corrected chi connectivity index (χ1v) is 8.09. The summed E-state index contributed by atoms with van der Waals surface area (Å²) < 4.78 is 0. The van der Waals surface area contributed by atoms with Crippen LogP contribution >= 0.6 is 0 Å². The van der Waals surface area contributed by atoms with E-state index in [1.807, 2.05) is 0 Å². The van der Waals surface area contributed by atoms with Gasteiger partial charge in [-0.1, -0.05) is 26.7 Å². The van der Waals surface area contributed by atoms with E-state index in [2.05, 4.69) is 19.2 Å². The zero-order valence-electron chi connectivity index (χ0n) is 13.4. The van der Waals surface area contributed by atoms with Crippen molar-refractivity contribution in [3.05, 3.63) is 0 Å². The minimum Gasteiger partial charge on any atom is -0.481 e. The molecule has 0 aromatic heterocycles. The summed E-state index contributed by atoms with van der Waals surface area (Å²) in [7, 11) is 0. The lowest BCUT2D eigenvalue weighted by atomic mass is 9.74. The molecular formula is C16H28N2O3. The van der Waals surface area contributed by atoms with Crippen LogP contribution in [0.25, 0.3) is 0 Å². The molecule has 5 heteroatoms. The van der Waals surface area contributed by atoms with Gasteiger partial charge in [-0.3, -0.25) is 4.79 Å². The van der Waals surface area contributed by atoms with Crippen LogP contribution < -0.4 is 5.32 Å². The number of carbonyl (C=O) groups excluding carboxylic acids is 1. The summed E-state index contributed by atoms with van der Waals surface area (Å²) in [6.07, 6.45) is 4.24. The fourth-order valence-electron chi connectivity index (χ4n) is 3.62. The van der Waals surface area contributed by atoms with Crippen LogP contribution in [0.4, 0.5) is 4.79 Å². The van der Waals surface area contributed by atoms with Gasteiger partial charge in [-0.2, -0.15) is 0 Å². The Hall–Kier alpha value is -1.26. The van der Waals surface area contributed by atoms with Crippen LogP contribution in [-0.2, 0) is 4.79 Å². The van der Waals surface area contributed by atoms with E-state index < -0.39 is 11.4 Å². The number of carboxylic acids is 1. The van der Waals surface area contributed by atoms with Gasteiger partial charge in [-0.25, -0.2) is 4.79 Å². The van der Waals surface area contributed by atoms with E-state index in [0.717, 1.165) is 5.92 Å². The average Bonchev–Trinajstić information content (AvgIpc) is 2.84. The number of amides is 2. The molecule has 0 aromatic rings. The van der Waals surface area contributed by atoms with Crippen LogP contribution in [0.5, 0.6) is 0 Å². The van der Waals surface area contributed by atoms with E-state index in [1.165, 1.54) is 19.3 Å². The van der Waals surface area contributed by atoms with Crippen molar-refractivity contribution in [3.8, 4) is 0 Å². The molecule has 4 atom stereocenters. The summed E-state index contributed by atoms with van der Waals surface area (Å²) in [4.78, 5) is 25.1. The Morgan fingerprint density at radius 2 is 2.05 bits per heavy atom. The Bertz CT molecular complexity index is 412. The summed E-state index contributed by atoms with van der Waals surface area (Å²) in [5, 5.41) is 12.2. The second kappa shape index (κ2) is 6.24. The summed E-state index contributed by atoms with van der Waals surface area (Å²) in [6.45, 7) is 7.84. The van der Waals surface area contributed by atoms with Crippen molar-refractivity contribution in [1.29, 1.82) is 0 Å². The molecule has 2 amide bonds. The van der Waals surface area contributed by atoms with Crippen molar-refractivity contribution in [2.75, 3.05) is 19.6 Å². The Morgan fingerprint density at radius 3 is 2.67 bits per heavy atom. The van der Waals surface area contributed by atoms with E-state index in [0.29, 0.717) is 37.9 Å². The van der Waals surface area contributed by atoms with Gasteiger partial charge in [0.15, 0.2) is 0 Å². The number of hydrogen-bond acceptors (Lipinski definition) is 2. The van der Waals surface area contributed by atoms with Gasteiger partial charge in [0.2, 0.25) is 0 Å². The predicted octanol–water partition coefficient (Wildman–Crippen LogP) is 2.56. The molecule has 2 fully saturated rings. The van der Waals surface area contributed by atoms with Gasteiger partial charge >= 0.3 is 12.0 Å². The number of nitrogens with zero attached hydrogens (tertiary/aromatic N) is 1. The zero-order valence-corrected chi connectivity index (χ0v) is 13.4. The van der Waals surface area contributed by atoms with E-state index >= 15 is 0 Å². The van der Waals surface area contributed by atoms with Gasteiger partial charge in [0, 0.05) is 19.6 Å². The first-order chi connectivity index (χ1) is 9.83. The maximum atomic E-state index is 12.2. The van der Waals surface area contributed by atoms with Gasteiger partial charge in [0.25, 0.3) is 0 Å². The number of carbonyl (C=O) groups is 2. The van der Waals surface area contributed by atoms with E-state index in [-0.39, 0.29) is 6.03 Å². The second-order valence-corrected chi connectivity index (χ2v) is 7.25. The monoisotopic (exact) mass is 296 g/mol. The maximum Gasteiger partial charge on any atom is 0.317 e. The molecule has 1 saturated carbocycles. The zero-order chi connectivity index (χ0) is 15.6. The third kappa shape index (κ3) is 3.50. The lowest BCUT2D eigenvalue weighted by molar-refractivity contribution is -0.146. The molecule has 2 N–H and O–H groups in total. The van der Waals surface area contributed by atoms with E-state index in [4.69, 9.17) is 0 Å². The van der Waals surface area contributed by atoms with Gasteiger partial charge < -0.3 is 15.3 Å².